The van der Waals surface area contributed by atoms with Gasteiger partial charge in [-0.05, 0) is 30.3 Å². The first kappa shape index (κ1) is 18.9. The fourth-order valence-corrected chi connectivity index (χ4v) is 3.91. The van der Waals surface area contributed by atoms with Gasteiger partial charge in [0.05, 0.1) is 24.2 Å². The molecule has 0 spiro atoms. The second-order valence-electron chi connectivity index (χ2n) is 6.72. The fraction of sp³-hybridized carbons (Fsp3) is 0.143. The first-order valence-corrected chi connectivity index (χ1v) is 10.9. The molecule has 29 heavy (non-hydrogen) atoms. The Morgan fingerprint density at radius 3 is 2.48 bits per heavy atom. The van der Waals surface area contributed by atoms with Gasteiger partial charge in [-0.15, -0.1) is 0 Å². The maximum absolute atomic E-state index is 13.2. The number of anilines is 1. The Bertz CT molecular complexity index is 1160. The van der Waals surface area contributed by atoms with E-state index in [1.54, 1.807) is 66.9 Å². The Labute approximate surface area is 168 Å². The summed E-state index contributed by atoms with van der Waals surface area (Å²) in [7, 11) is -3.49. The van der Waals surface area contributed by atoms with Crippen molar-refractivity contribution in [3.63, 3.8) is 0 Å². The molecule has 0 fully saturated rings. The highest BCUT2D eigenvalue weighted by molar-refractivity contribution is 7.92. The molecule has 0 aliphatic carbocycles. The van der Waals surface area contributed by atoms with Gasteiger partial charge in [0.1, 0.15) is 11.5 Å². The minimum atomic E-state index is -3.49. The summed E-state index contributed by atoms with van der Waals surface area (Å²) < 4.78 is 31.6. The number of carbonyl (C=O) groups is 1. The summed E-state index contributed by atoms with van der Waals surface area (Å²) in [6, 6.07) is 18.9. The molecule has 0 unspecified atom stereocenters. The zero-order valence-corrected chi connectivity index (χ0v) is 16.5. The molecule has 7 nitrogen and oxygen atoms in total. The maximum Gasteiger partial charge on any atom is 0.274 e. The number of hydrazone groups is 1. The third kappa shape index (κ3) is 4.07. The van der Waals surface area contributed by atoms with Crippen LogP contribution in [0, 0.1) is 0 Å². The van der Waals surface area contributed by atoms with Crippen LogP contribution in [-0.4, -0.2) is 31.3 Å². The molecule has 2 aromatic carbocycles. The van der Waals surface area contributed by atoms with E-state index in [1.165, 1.54) is 5.01 Å². The second kappa shape index (κ2) is 7.56. The van der Waals surface area contributed by atoms with Crippen LogP contribution in [0.15, 0.2) is 82.5 Å². The lowest BCUT2D eigenvalue weighted by Gasteiger charge is -2.24. The summed E-state index contributed by atoms with van der Waals surface area (Å²) in [5, 5.41) is 5.93. The Hall–Kier alpha value is -3.39. The van der Waals surface area contributed by atoms with Crippen molar-refractivity contribution in [1.82, 2.24) is 5.01 Å². The summed E-state index contributed by atoms with van der Waals surface area (Å²) in [6.07, 6.45) is 3.04. The number of rotatable bonds is 5. The summed E-state index contributed by atoms with van der Waals surface area (Å²) in [4.78, 5) is 13.2. The van der Waals surface area contributed by atoms with Crippen LogP contribution in [0.25, 0.3) is 0 Å². The number of nitrogens with zero attached hydrogens (tertiary/aromatic N) is 2. The molecule has 1 aliphatic rings. The van der Waals surface area contributed by atoms with Crippen LogP contribution in [0.2, 0.25) is 0 Å². The number of hydrogen-bond donors (Lipinski definition) is 1. The number of sulfonamides is 1. The van der Waals surface area contributed by atoms with Crippen LogP contribution in [0.3, 0.4) is 0 Å². The monoisotopic (exact) mass is 409 g/mol. The molecule has 8 heteroatoms. The zero-order valence-electron chi connectivity index (χ0n) is 15.6. The fourth-order valence-electron chi connectivity index (χ4n) is 3.32. The molecule has 4 rings (SSSR count). The van der Waals surface area contributed by atoms with E-state index in [0.717, 1.165) is 6.26 Å². The predicted octanol–water partition coefficient (Wildman–Crippen LogP) is 3.64. The van der Waals surface area contributed by atoms with E-state index in [4.69, 9.17) is 4.42 Å². The average Bonchev–Trinajstić information content (AvgIpc) is 3.37. The van der Waals surface area contributed by atoms with Crippen LogP contribution >= 0.6 is 0 Å². The van der Waals surface area contributed by atoms with Crippen LogP contribution in [0.4, 0.5) is 5.69 Å². The van der Waals surface area contributed by atoms with Gasteiger partial charge >= 0.3 is 0 Å². The molecule has 1 N–H and O–H groups in total. The number of amides is 1. The minimum absolute atomic E-state index is 0.272. The number of nitrogens with one attached hydrogen (secondary N) is 1. The standard InChI is InChI=1S/C21H19N3O4S/c1-29(26,27)23-17-11-6-5-10-16(17)19-14-18(20-12-7-13-28-20)22-24(19)21(25)15-8-3-2-4-9-15/h2-13,19,23H,14H2,1H3/t19-/m1/s1. The molecule has 1 amide bonds. The normalized spacial score (nSPS) is 16.5. The van der Waals surface area contributed by atoms with Crippen LogP contribution in [-0.2, 0) is 10.0 Å². The quantitative estimate of drug-likeness (QED) is 0.696. The summed E-state index contributed by atoms with van der Waals surface area (Å²) in [6.45, 7) is 0. The van der Waals surface area contributed by atoms with Crippen molar-refractivity contribution < 1.29 is 17.6 Å². The molecule has 1 atom stereocenters. The van der Waals surface area contributed by atoms with Gasteiger partial charge in [0, 0.05) is 17.5 Å². The Balaban J connectivity index is 1.77. The third-order valence-corrected chi connectivity index (χ3v) is 5.15. The van der Waals surface area contributed by atoms with Crippen LogP contribution in [0.5, 0.6) is 0 Å². The van der Waals surface area contributed by atoms with Crippen LogP contribution in [0.1, 0.15) is 34.1 Å². The Kier molecular flexibility index (Phi) is 4.94. The topological polar surface area (TPSA) is 92.0 Å². The van der Waals surface area contributed by atoms with E-state index < -0.39 is 16.1 Å². The minimum Gasteiger partial charge on any atom is -0.463 e. The first-order chi connectivity index (χ1) is 13.9. The van der Waals surface area contributed by atoms with E-state index in [1.807, 2.05) is 6.07 Å². The molecule has 2 heterocycles. The van der Waals surface area contributed by atoms with E-state index in [2.05, 4.69) is 9.82 Å². The summed E-state index contributed by atoms with van der Waals surface area (Å²) in [5.74, 6) is 0.304. The van der Waals surface area contributed by atoms with Gasteiger partial charge in [-0.2, -0.15) is 5.10 Å². The zero-order chi connectivity index (χ0) is 20.4. The lowest BCUT2D eigenvalue weighted by molar-refractivity contribution is 0.0712. The summed E-state index contributed by atoms with van der Waals surface area (Å²) in [5.41, 5.74) is 2.20. The lowest BCUT2D eigenvalue weighted by atomic mass is 9.99. The van der Waals surface area contributed by atoms with Crippen molar-refractivity contribution >= 4 is 27.3 Å². The molecule has 0 radical (unpaired) electrons. The van der Waals surface area contributed by atoms with Gasteiger partial charge in [-0.1, -0.05) is 36.4 Å². The molecule has 0 saturated heterocycles. The number of benzene rings is 2. The van der Waals surface area contributed by atoms with Crippen molar-refractivity contribution in [2.24, 2.45) is 5.10 Å². The molecular weight excluding hydrogens is 390 g/mol. The third-order valence-electron chi connectivity index (χ3n) is 4.56. The number of para-hydroxylation sites is 1. The Morgan fingerprint density at radius 1 is 1.07 bits per heavy atom. The molecule has 3 aromatic rings. The van der Waals surface area contributed by atoms with Crippen molar-refractivity contribution in [1.29, 1.82) is 0 Å². The predicted molar refractivity (Wildman–Crippen MR) is 110 cm³/mol. The lowest BCUT2D eigenvalue weighted by Crippen LogP contribution is -2.28. The number of carbonyl (C=O) groups excluding carboxylic acids is 1. The first-order valence-electron chi connectivity index (χ1n) is 8.99. The number of furan rings is 1. The molecule has 1 aromatic heterocycles. The highest BCUT2D eigenvalue weighted by Gasteiger charge is 2.36. The van der Waals surface area contributed by atoms with Gasteiger partial charge in [-0.25, -0.2) is 13.4 Å². The number of hydrogen-bond acceptors (Lipinski definition) is 5. The largest absolute Gasteiger partial charge is 0.463 e. The van der Waals surface area contributed by atoms with Gasteiger partial charge in [-0.3, -0.25) is 9.52 Å². The second-order valence-corrected chi connectivity index (χ2v) is 8.47. The van der Waals surface area contributed by atoms with Gasteiger partial charge in [0.25, 0.3) is 5.91 Å². The summed E-state index contributed by atoms with van der Waals surface area (Å²) >= 11 is 0. The highest BCUT2D eigenvalue weighted by Crippen LogP contribution is 2.37. The molecule has 0 bridgehead atoms. The average molecular weight is 409 g/mol. The van der Waals surface area contributed by atoms with Crippen molar-refractivity contribution in [2.75, 3.05) is 11.0 Å². The SMILES string of the molecule is CS(=O)(=O)Nc1ccccc1[C@H]1CC(c2ccco2)=NN1C(=O)c1ccccc1. The van der Waals surface area contributed by atoms with Gasteiger partial charge < -0.3 is 4.42 Å². The van der Waals surface area contributed by atoms with E-state index >= 15 is 0 Å². The van der Waals surface area contributed by atoms with Crippen molar-refractivity contribution in [3.05, 3.63) is 89.9 Å². The van der Waals surface area contributed by atoms with Gasteiger partial charge in [0.2, 0.25) is 10.0 Å². The highest BCUT2D eigenvalue weighted by atomic mass is 32.2. The van der Waals surface area contributed by atoms with E-state index in [-0.39, 0.29) is 5.91 Å². The molecular formula is C21H19N3O4S. The maximum atomic E-state index is 13.2. The molecule has 1 aliphatic heterocycles. The van der Waals surface area contributed by atoms with Crippen LogP contribution < -0.4 is 4.72 Å². The van der Waals surface area contributed by atoms with E-state index in [0.29, 0.717) is 34.7 Å². The van der Waals surface area contributed by atoms with Crippen molar-refractivity contribution in [2.45, 2.75) is 12.5 Å². The van der Waals surface area contributed by atoms with Gasteiger partial charge in [0.15, 0.2) is 0 Å². The Morgan fingerprint density at radius 2 is 1.79 bits per heavy atom. The van der Waals surface area contributed by atoms with E-state index in [9.17, 15) is 13.2 Å². The van der Waals surface area contributed by atoms with Crippen molar-refractivity contribution in [3.8, 4) is 0 Å². The smallest absolute Gasteiger partial charge is 0.274 e. The molecule has 0 saturated carbocycles. The molecule has 148 valence electrons.